The monoisotopic (exact) mass is 317 g/mol. The van der Waals surface area contributed by atoms with Crippen LogP contribution in [0.15, 0.2) is 36.4 Å². The first-order chi connectivity index (χ1) is 10.8. The van der Waals surface area contributed by atoms with Crippen molar-refractivity contribution in [1.29, 1.82) is 0 Å². The molecule has 0 bridgehead atoms. The van der Waals surface area contributed by atoms with Crippen molar-refractivity contribution in [1.82, 2.24) is 15.1 Å². The number of thiocarbonyl (C=S) groups is 1. The van der Waals surface area contributed by atoms with Crippen molar-refractivity contribution in [2.45, 2.75) is 19.8 Å². The molecule has 1 saturated heterocycles. The molecule has 0 amide bonds. The van der Waals surface area contributed by atoms with Crippen LogP contribution < -0.4 is 5.32 Å². The molecular weight excluding hydrogens is 290 g/mol. The molecule has 1 N–H and O–H groups in total. The Morgan fingerprint density at radius 3 is 2.59 bits per heavy atom. The first kappa shape index (κ1) is 17.0. The standard InChI is InChI=1S/C18H27N3S/c1-2-3-11-19-18(22)21-15-13-20(14-16-21)12-7-10-17-8-5-4-6-9-17/h4-10H,2-3,11-16H2,1H3,(H,19,22)/b10-7+. The van der Waals surface area contributed by atoms with Gasteiger partial charge in [0.15, 0.2) is 5.11 Å². The number of hydrogen-bond donors (Lipinski definition) is 1. The molecule has 0 aromatic heterocycles. The van der Waals surface area contributed by atoms with E-state index in [0.29, 0.717) is 0 Å². The maximum absolute atomic E-state index is 5.46. The maximum atomic E-state index is 5.46. The summed E-state index contributed by atoms with van der Waals surface area (Å²) in [4.78, 5) is 4.77. The minimum atomic E-state index is 0.924. The molecule has 1 fully saturated rings. The van der Waals surface area contributed by atoms with Gasteiger partial charge < -0.3 is 10.2 Å². The number of unbranched alkanes of at least 4 members (excludes halogenated alkanes) is 1. The van der Waals surface area contributed by atoms with Gasteiger partial charge in [-0.2, -0.15) is 0 Å². The summed E-state index contributed by atoms with van der Waals surface area (Å²) in [5, 5.41) is 4.28. The summed E-state index contributed by atoms with van der Waals surface area (Å²) in [6, 6.07) is 10.5. The highest BCUT2D eigenvalue weighted by molar-refractivity contribution is 7.80. The minimum Gasteiger partial charge on any atom is -0.363 e. The van der Waals surface area contributed by atoms with Crippen molar-refractivity contribution in [3.63, 3.8) is 0 Å². The van der Waals surface area contributed by atoms with Crippen molar-refractivity contribution >= 4 is 23.4 Å². The smallest absolute Gasteiger partial charge is 0.169 e. The molecule has 1 aromatic rings. The molecule has 22 heavy (non-hydrogen) atoms. The van der Waals surface area contributed by atoms with Crippen LogP contribution in [0.3, 0.4) is 0 Å². The fraction of sp³-hybridized carbons (Fsp3) is 0.500. The van der Waals surface area contributed by atoms with Crippen LogP contribution in [-0.2, 0) is 0 Å². The molecule has 0 aliphatic carbocycles. The zero-order valence-corrected chi connectivity index (χ0v) is 14.3. The summed E-state index contributed by atoms with van der Waals surface area (Å²) in [7, 11) is 0. The fourth-order valence-corrected chi connectivity index (χ4v) is 2.80. The van der Waals surface area contributed by atoms with E-state index in [0.717, 1.165) is 44.4 Å². The van der Waals surface area contributed by atoms with E-state index < -0.39 is 0 Å². The molecule has 0 spiro atoms. The lowest BCUT2D eigenvalue weighted by atomic mass is 10.2. The quantitative estimate of drug-likeness (QED) is 0.642. The van der Waals surface area contributed by atoms with Gasteiger partial charge in [-0.25, -0.2) is 0 Å². The van der Waals surface area contributed by atoms with E-state index in [1.165, 1.54) is 18.4 Å². The number of piperazine rings is 1. The second-order valence-corrected chi connectivity index (χ2v) is 6.07. The summed E-state index contributed by atoms with van der Waals surface area (Å²) < 4.78 is 0. The van der Waals surface area contributed by atoms with E-state index in [1.54, 1.807) is 0 Å². The summed E-state index contributed by atoms with van der Waals surface area (Å²) in [6.45, 7) is 8.41. The average molecular weight is 318 g/mol. The highest BCUT2D eigenvalue weighted by Crippen LogP contribution is 2.05. The van der Waals surface area contributed by atoms with Gasteiger partial charge in [-0.05, 0) is 24.2 Å². The SMILES string of the molecule is CCCCNC(=S)N1CCN(C/C=C/c2ccccc2)CC1. The Hall–Kier alpha value is -1.39. The van der Waals surface area contributed by atoms with Crippen LogP contribution in [0.1, 0.15) is 25.3 Å². The van der Waals surface area contributed by atoms with Gasteiger partial charge in [0.1, 0.15) is 0 Å². The van der Waals surface area contributed by atoms with E-state index in [2.05, 4.69) is 58.5 Å². The summed E-state index contributed by atoms with van der Waals surface area (Å²) in [5.74, 6) is 0. The summed E-state index contributed by atoms with van der Waals surface area (Å²) in [5.41, 5.74) is 1.27. The van der Waals surface area contributed by atoms with Crippen LogP contribution in [0.4, 0.5) is 0 Å². The largest absolute Gasteiger partial charge is 0.363 e. The fourth-order valence-electron chi connectivity index (χ4n) is 2.52. The third-order valence-electron chi connectivity index (χ3n) is 3.94. The first-order valence-corrected chi connectivity index (χ1v) is 8.67. The topological polar surface area (TPSA) is 18.5 Å². The molecular formula is C18H27N3S. The molecule has 1 aliphatic heterocycles. The number of rotatable bonds is 6. The Kier molecular flexibility index (Phi) is 7.40. The van der Waals surface area contributed by atoms with Crippen molar-refractivity contribution in [3.05, 3.63) is 42.0 Å². The third-order valence-corrected chi connectivity index (χ3v) is 4.34. The van der Waals surface area contributed by atoms with Crippen molar-refractivity contribution in [3.8, 4) is 0 Å². The van der Waals surface area contributed by atoms with Gasteiger partial charge in [0.25, 0.3) is 0 Å². The van der Waals surface area contributed by atoms with Crippen molar-refractivity contribution < 1.29 is 0 Å². The molecule has 120 valence electrons. The molecule has 4 heteroatoms. The predicted octanol–water partition coefficient (Wildman–Crippen LogP) is 2.99. The molecule has 0 atom stereocenters. The van der Waals surface area contributed by atoms with Crippen LogP contribution in [-0.4, -0.2) is 54.2 Å². The van der Waals surface area contributed by atoms with Gasteiger partial charge in [0, 0.05) is 39.3 Å². The molecule has 0 radical (unpaired) electrons. The number of nitrogens with zero attached hydrogens (tertiary/aromatic N) is 2. The molecule has 3 nitrogen and oxygen atoms in total. The van der Waals surface area contributed by atoms with Gasteiger partial charge in [-0.1, -0.05) is 55.8 Å². The molecule has 1 heterocycles. The Balaban J connectivity index is 1.66. The van der Waals surface area contributed by atoms with Crippen LogP contribution in [0.25, 0.3) is 6.08 Å². The lowest BCUT2D eigenvalue weighted by Gasteiger charge is -2.35. The van der Waals surface area contributed by atoms with Crippen molar-refractivity contribution in [2.24, 2.45) is 0 Å². The van der Waals surface area contributed by atoms with Gasteiger partial charge in [0.05, 0.1) is 0 Å². The second kappa shape index (κ2) is 9.59. The molecule has 1 aliphatic rings. The molecule has 0 saturated carbocycles. The third kappa shape index (κ3) is 5.78. The van der Waals surface area contributed by atoms with Crippen molar-refractivity contribution in [2.75, 3.05) is 39.3 Å². The van der Waals surface area contributed by atoms with Gasteiger partial charge >= 0.3 is 0 Å². The summed E-state index contributed by atoms with van der Waals surface area (Å²) >= 11 is 5.46. The maximum Gasteiger partial charge on any atom is 0.169 e. The van der Waals surface area contributed by atoms with Crippen LogP contribution in [0, 0.1) is 0 Å². The average Bonchev–Trinajstić information content (AvgIpc) is 2.56. The Bertz CT molecular complexity index is 464. The van der Waals surface area contributed by atoms with E-state index in [9.17, 15) is 0 Å². The lowest BCUT2D eigenvalue weighted by Crippen LogP contribution is -2.51. The first-order valence-electron chi connectivity index (χ1n) is 8.26. The zero-order valence-electron chi connectivity index (χ0n) is 13.5. The predicted molar refractivity (Wildman–Crippen MR) is 99.0 cm³/mol. The molecule has 0 unspecified atom stereocenters. The van der Waals surface area contributed by atoms with E-state index in [4.69, 9.17) is 12.2 Å². The van der Waals surface area contributed by atoms with E-state index in [-0.39, 0.29) is 0 Å². The van der Waals surface area contributed by atoms with Gasteiger partial charge in [-0.3, -0.25) is 4.90 Å². The number of nitrogens with one attached hydrogen (secondary N) is 1. The highest BCUT2D eigenvalue weighted by Gasteiger charge is 2.17. The van der Waals surface area contributed by atoms with Crippen LogP contribution >= 0.6 is 12.2 Å². The second-order valence-electron chi connectivity index (χ2n) is 5.69. The zero-order chi connectivity index (χ0) is 15.6. The molecule has 1 aromatic carbocycles. The highest BCUT2D eigenvalue weighted by atomic mass is 32.1. The summed E-state index contributed by atoms with van der Waals surface area (Å²) in [6.07, 6.45) is 6.84. The Labute approximate surface area is 140 Å². The van der Waals surface area contributed by atoms with Gasteiger partial charge in [-0.15, -0.1) is 0 Å². The number of hydrogen-bond acceptors (Lipinski definition) is 2. The normalized spacial score (nSPS) is 16.1. The van der Waals surface area contributed by atoms with Gasteiger partial charge in [0.2, 0.25) is 0 Å². The minimum absolute atomic E-state index is 0.924. The Morgan fingerprint density at radius 2 is 1.91 bits per heavy atom. The lowest BCUT2D eigenvalue weighted by molar-refractivity contribution is 0.197. The van der Waals surface area contributed by atoms with Crippen LogP contribution in [0.2, 0.25) is 0 Å². The molecule has 2 rings (SSSR count). The van der Waals surface area contributed by atoms with Crippen LogP contribution in [0.5, 0.6) is 0 Å². The van der Waals surface area contributed by atoms with E-state index in [1.807, 2.05) is 6.07 Å². The Morgan fingerprint density at radius 1 is 1.18 bits per heavy atom. The number of benzene rings is 1. The van der Waals surface area contributed by atoms with E-state index >= 15 is 0 Å².